The van der Waals surface area contributed by atoms with Gasteiger partial charge in [-0.1, -0.05) is 54.7 Å². The second-order valence-corrected chi connectivity index (χ2v) is 9.29. The molecule has 28 heavy (non-hydrogen) atoms. The molecule has 156 valence electrons. The lowest BCUT2D eigenvalue weighted by Gasteiger charge is -2.16. The summed E-state index contributed by atoms with van der Waals surface area (Å²) in [6, 6.07) is 9.35. The third kappa shape index (κ3) is 6.51. The van der Waals surface area contributed by atoms with Crippen LogP contribution in [0.1, 0.15) is 19.4 Å². The normalized spacial score (nSPS) is 12.5. The first-order valence-electron chi connectivity index (χ1n) is 8.46. The molecule has 1 unspecified atom stereocenters. The van der Waals surface area contributed by atoms with Gasteiger partial charge in [-0.05, 0) is 25.1 Å². The fourth-order valence-electron chi connectivity index (χ4n) is 2.29. The summed E-state index contributed by atoms with van der Waals surface area (Å²) in [5, 5.41) is 13.1. The number of aliphatic hydroxyl groups excluding tert-OH is 1. The molecule has 0 aromatic heterocycles. The Balaban J connectivity index is 0.00000392. The van der Waals surface area contributed by atoms with Crippen molar-refractivity contribution in [3.05, 3.63) is 52.0 Å². The van der Waals surface area contributed by atoms with Crippen LogP contribution in [0.15, 0.2) is 46.2 Å². The van der Waals surface area contributed by atoms with E-state index >= 15 is 0 Å². The smallest absolute Gasteiger partial charge is 0.208 e. The quantitative estimate of drug-likeness (QED) is 0.604. The van der Waals surface area contributed by atoms with E-state index in [9.17, 15) is 13.5 Å². The van der Waals surface area contributed by atoms with E-state index < -0.39 is 15.9 Å². The summed E-state index contributed by atoms with van der Waals surface area (Å²) in [6.07, 6.45) is -0.738. The Morgan fingerprint density at radius 2 is 1.71 bits per heavy atom. The van der Waals surface area contributed by atoms with Gasteiger partial charge in [0.25, 0.3) is 0 Å². The van der Waals surface area contributed by atoms with Gasteiger partial charge in [0.2, 0.25) is 9.84 Å². The Bertz CT molecular complexity index is 887. The van der Waals surface area contributed by atoms with Crippen molar-refractivity contribution in [3.63, 3.8) is 0 Å². The van der Waals surface area contributed by atoms with Crippen LogP contribution in [0.25, 0.3) is 0 Å². The van der Waals surface area contributed by atoms with Crippen molar-refractivity contribution in [1.82, 2.24) is 5.32 Å². The highest BCUT2D eigenvalue weighted by atomic mass is 35.5. The topological polar surface area (TPSA) is 75.6 Å². The van der Waals surface area contributed by atoms with Gasteiger partial charge in [0.1, 0.15) is 18.5 Å². The molecule has 9 heteroatoms. The summed E-state index contributed by atoms with van der Waals surface area (Å²) in [4.78, 5) is 0.0438. The van der Waals surface area contributed by atoms with Crippen molar-refractivity contribution in [2.75, 3.05) is 13.2 Å². The minimum Gasteiger partial charge on any atom is -0.489 e. The first kappa shape index (κ1) is 25.0. The van der Waals surface area contributed by atoms with Crippen LogP contribution in [0.5, 0.6) is 5.75 Å². The van der Waals surface area contributed by atoms with Gasteiger partial charge >= 0.3 is 0 Å². The number of rotatable bonds is 8. The summed E-state index contributed by atoms with van der Waals surface area (Å²) >= 11 is 12.4. The predicted octanol–water partition coefficient (Wildman–Crippen LogP) is 4.29. The van der Waals surface area contributed by atoms with E-state index in [4.69, 9.17) is 27.9 Å². The molecule has 0 spiro atoms. The summed E-state index contributed by atoms with van der Waals surface area (Å²) in [5.41, 5.74) is 0.951. The monoisotopic (exact) mass is 467 g/mol. The van der Waals surface area contributed by atoms with E-state index in [-0.39, 0.29) is 50.6 Å². The molecule has 0 fully saturated rings. The zero-order chi connectivity index (χ0) is 20.2. The molecule has 0 bridgehead atoms. The third-order valence-electron chi connectivity index (χ3n) is 3.80. The lowest BCUT2D eigenvalue weighted by atomic mass is 10.2. The number of nitrogens with one attached hydrogen (secondary N) is 1. The van der Waals surface area contributed by atoms with Crippen LogP contribution >= 0.6 is 35.6 Å². The maximum absolute atomic E-state index is 12.8. The van der Waals surface area contributed by atoms with Crippen molar-refractivity contribution in [3.8, 4) is 5.75 Å². The predicted molar refractivity (Wildman–Crippen MR) is 115 cm³/mol. The van der Waals surface area contributed by atoms with Crippen LogP contribution in [0.3, 0.4) is 0 Å². The van der Waals surface area contributed by atoms with Gasteiger partial charge in [0.15, 0.2) is 0 Å². The Morgan fingerprint density at radius 3 is 2.29 bits per heavy atom. The standard InChI is InChI=1S/C19H23Cl2NO4S.ClH/c1-12(2)22-10-14(23)11-26-18-8-17(21)19(9-16(18)20)27(24,25)15-6-4-13(3)5-7-15;/h4-9,12,14,22-23H,10-11H2,1-3H3;1H. The van der Waals surface area contributed by atoms with Crippen LogP contribution < -0.4 is 10.1 Å². The Hall–Kier alpha value is -1.02. The molecule has 5 nitrogen and oxygen atoms in total. The first-order chi connectivity index (χ1) is 12.6. The number of sulfone groups is 1. The number of hydrogen-bond donors (Lipinski definition) is 2. The van der Waals surface area contributed by atoms with Gasteiger partial charge < -0.3 is 15.2 Å². The van der Waals surface area contributed by atoms with Crippen LogP contribution in [0.4, 0.5) is 0 Å². The molecule has 2 rings (SSSR count). The highest BCUT2D eigenvalue weighted by Crippen LogP contribution is 2.36. The number of benzene rings is 2. The van der Waals surface area contributed by atoms with E-state index in [2.05, 4.69) is 5.32 Å². The van der Waals surface area contributed by atoms with Gasteiger partial charge in [-0.15, -0.1) is 12.4 Å². The maximum Gasteiger partial charge on any atom is 0.208 e. The Kier molecular flexibility index (Phi) is 9.53. The molecule has 0 radical (unpaired) electrons. The summed E-state index contributed by atoms with van der Waals surface area (Å²) in [5.74, 6) is 0.216. The zero-order valence-electron chi connectivity index (χ0n) is 15.8. The number of hydrogen-bond acceptors (Lipinski definition) is 5. The molecule has 2 aromatic carbocycles. The summed E-state index contributed by atoms with van der Waals surface area (Å²) in [7, 11) is -3.81. The number of ether oxygens (including phenoxy) is 1. The van der Waals surface area contributed by atoms with Crippen molar-refractivity contribution in [2.24, 2.45) is 0 Å². The lowest BCUT2D eigenvalue weighted by Crippen LogP contribution is -2.35. The van der Waals surface area contributed by atoms with Gasteiger partial charge in [0, 0.05) is 18.7 Å². The van der Waals surface area contributed by atoms with E-state index in [0.29, 0.717) is 6.54 Å². The van der Waals surface area contributed by atoms with Crippen molar-refractivity contribution in [1.29, 1.82) is 0 Å². The highest BCUT2D eigenvalue weighted by molar-refractivity contribution is 7.91. The van der Waals surface area contributed by atoms with Crippen molar-refractivity contribution < 1.29 is 18.3 Å². The summed E-state index contributed by atoms with van der Waals surface area (Å²) < 4.78 is 31.1. The minimum absolute atomic E-state index is 0. The SMILES string of the molecule is Cc1ccc(S(=O)(=O)c2cc(Cl)c(OCC(O)CNC(C)C)cc2Cl)cc1.Cl. The van der Waals surface area contributed by atoms with Crippen molar-refractivity contribution in [2.45, 2.75) is 42.7 Å². The molecule has 0 aliphatic rings. The van der Waals surface area contributed by atoms with Gasteiger partial charge in [0.05, 0.1) is 19.8 Å². The third-order valence-corrected chi connectivity index (χ3v) is 6.33. The number of aliphatic hydroxyl groups is 1. The van der Waals surface area contributed by atoms with E-state index in [0.717, 1.165) is 5.56 Å². The fraction of sp³-hybridized carbons (Fsp3) is 0.368. The van der Waals surface area contributed by atoms with E-state index in [1.807, 2.05) is 20.8 Å². The van der Waals surface area contributed by atoms with Crippen LogP contribution in [-0.4, -0.2) is 38.8 Å². The largest absolute Gasteiger partial charge is 0.489 e. The lowest BCUT2D eigenvalue weighted by molar-refractivity contribution is 0.104. The molecule has 0 amide bonds. The van der Waals surface area contributed by atoms with Crippen LogP contribution in [-0.2, 0) is 9.84 Å². The number of halogens is 3. The van der Waals surface area contributed by atoms with Gasteiger partial charge in [-0.3, -0.25) is 0 Å². The Morgan fingerprint density at radius 1 is 1.11 bits per heavy atom. The molecule has 0 saturated carbocycles. The highest BCUT2D eigenvalue weighted by Gasteiger charge is 2.23. The fourth-order valence-corrected chi connectivity index (χ4v) is 4.37. The number of aryl methyl sites for hydroxylation is 1. The average molecular weight is 469 g/mol. The van der Waals surface area contributed by atoms with E-state index in [1.165, 1.54) is 24.3 Å². The second-order valence-electron chi connectivity index (χ2n) is 6.56. The Labute approximate surface area is 182 Å². The molecule has 2 aromatic rings. The van der Waals surface area contributed by atoms with E-state index in [1.54, 1.807) is 12.1 Å². The maximum atomic E-state index is 12.8. The molecule has 0 heterocycles. The van der Waals surface area contributed by atoms with Gasteiger partial charge in [-0.25, -0.2) is 8.42 Å². The zero-order valence-corrected chi connectivity index (χ0v) is 18.9. The first-order valence-corrected chi connectivity index (χ1v) is 10.7. The molecular formula is C19H24Cl3NO4S. The molecular weight excluding hydrogens is 445 g/mol. The molecule has 0 saturated heterocycles. The van der Waals surface area contributed by atoms with Crippen LogP contribution in [0.2, 0.25) is 10.0 Å². The second kappa shape index (κ2) is 10.7. The van der Waals surface area contributed by atoms with Crippen LogP contribution in [0, 0.1) is 6.92 Å². The average Bonchev–Trinajstić information content (AvgIpc) is 2.60. The van der Waals surface area contributed by atoms with Gasteiger partial charge in [-0.2, -0.15) is 0 Å². The molecule has 1 atom stereocenters. The molecule has 2 N–H and O–H groups in total. The molecule has 0 aliphatic heterocycles. The van der Waals surface area contributed by atoms with Crippen molar-refractivity contribution >= 4 is 45.4 Å². The minimum atomic E-state index is -3.81. The molecule has 0 aliphatic carbocycles. The summed E-state index contributed by atoms with van der Waals surface area (Å²) in [6.45, 7) is 6.18.